The Hall–Kier alpha value is -2.33. The Morgan fingerprint density at radius 1 is 1.09 bits per heavy atom. The van der Waals surface area contributed by atoms with E-state index < -0.39 is 5.97 Å². The summed E-state index contributed by atoms with van der Waals surface area (Å²) in [6.45, 7) is 2.02. The molecule has 0 heterocycles. The molecule has 4 nitrogen and oxygen atoms in total. The van der Waals surface area contributed by atoms with E-state index in [0.29, 0.717) is 22.7 Å². The minimum Gasteiger partial charge on any atom is -0.462 e. The molecule has 0 fully saturated rings. The number of amides is 1. The highest BCUT2D eigenvalue weighted by Crippen LogP contribution is 2.19. The molecular formula is C18H18ClNO3. The standard InChI is InChI=1S/C18H18ClNO3/c1-2-23-18(22)14-8-4-6-10-16(14)20-17(21)12-11-13-7-3-5-9-15(13)19/h3-10H,2,11-12H2,1H3,(H,20,21). The first-order valence-electron chi connectivity index (χ1n) is 7.41. The summed E-state index contributed by atoms with van der Waals surface area (Å²) >= 11 is 6.08. The fraction of sp³-hybridized carbons (Fsp3) is 0.222. The van der Waals surface area contributed by atoms with Crippen molar-refractivity contribution >= 4 is 29.2 Å². The average Bonchev–Trinajstić information content (AvgIpc) is 2.55. The van der Waals surface area contributed by atoms with Gasteiger partial charge in [0.2, 0.25) is 5.91 Å². The van der Waals surface area contributed by atoms with Gasteiger partial charge in [-0.15, -0.1) is 0 Å². The lowest BCUT2D eigenvalue weighted by Crippen LogP contribution is -2.16. The molecule has 120 valence electrons. The van der Waals surface area contributed by atoms with Crippen molar-refractivity contribution in [3.63, 3.8) is 0 Å². The highest BCUT2D eigenvalue weighted by Gasteiger charge is 2.14. The Morgan fingerprint density at radius 3 is 2.52 bits per heavy atom. The third-order valence-electron chi connectivity index (χ3n) is 3.28. The Morgan fingerprint density at radius 2 is 1.78 bits per heavy atom. The lowest BCUT2D eigenvalue weighted by molar-refractivity contribution is -0.116. The van der Waals surface area contributed by atoms with Crippen LogP contribution in [0.15, 0.2) is 48.5 Å². The van der Waals surface area contributed by atoms with Crippen molar-refractivity contribution in [3.8, 4) is 0 Å². The van der Waals surface area contributed by atoms with Crippen LogP contribution < -0.4 is 5.32 Å². The summed E-state index contributed by atoms with van der Waals surface area (Å²) in [4.78, 5) is 24.0. The van der Waals surface area contributed by atoms with Gasteiger partial charge in [-0.2, -0.15) is 0 Å². The molecule has 0 aliphatic heterocycles. The molecule has 0 atom stereocenters. The minimum absolute atomic E-state index is 0.179. The van der Waals surface area contributed by atoms with Crippen LogP contribution in [0, 0.1) is 0 Å². The van der Waals surface area contributed by atoms with E-state index in [1.165, 1.54) is 0 Å². The van der Waals surface area contributed by atoms with E-state index in [9.17, 15) is 9.59 Å². The van der Waals surface area contributed by atoms with E-state index in [0.717, 1.165) is 5.56 Å². The maximum atomic E-state index is 12.1. The number of nitrogens with one attached hydrogen (secondary N) is 1. The van der Waals surface area contributed by atoms with Gasteiger partial charge >= 0.3 is 5.97 Å². The number of anilines is 1. The Bertz CT molecular complexity index is 700. The molecule has 0 radical (unpaired) electrons. The van der Waals surface area contributed by atoms with Crippen LogP contribution in [0.1, 0.15) is 29.3 Å². The largest absolute Gasteiger partial charge is 0.462 e. The summed E-state index contributed by atoms with van der Waals surface area (Å²) in [5, 5.41) is 3.40. The van der Waals surface area contributed by atoms with Crippen LogP contribution >= 0.6 is 11.6 Å². The first-order valence-corrected chi connectivity index (χ1v) is 7.79. The smallest absolute Gasteiger partial charge is 0.340 e. The summed E-state index contributed by atoms with van der Waals surface area (Å²) in [6.07, 6.45) is 0.813. The second kappa shape index (κ2) is 8.34. The summed E-state index contributed by atoms with van der Waals surface area (Å²) in [7, 11) is 0. The van der Waals surface area contributed by atoms with E-state index in [4.69, 9.17) is 16.3 Å². The van der Waals surface area contributed by atoms with Crippen LogP contribution in [0.3, 0.4) is 0 Å². The molecule has 0 bridgehead atoms. The molecule has 1 amide bonds. The van der Waals surface area contributed by atoms with Gasteiger partial charge in [-0.1, -0.05) is 41.9 Å². The lowest BCUT2D eigenvalue weighted by atomic mass is 10.1. The number of carbonyl (C=O) groups is 2. The maximum absolute atomic E-state index is 12.1. The van der Waals surface area contributed by atoms with Crippen molar-refractivity contribution < 1.29 is 14.3 Å². The minimum atomic E-state index is -0.450. The van der Waals surface area contributed by atoms with Crippen molar-refractivity contribution in [3.05, 3.63) is 64.7 Å². The highest BCUT2D eigenvalue weighted by molar-refractivity contribution is 6.31. The second-order valence-corrected chi connectivity index (χ2v) is 5.31. The van der Waals surface area contributed by atoms with Crippen LogP contribution in [-0.4, -0.2) is 18.5 Å². The van der Waals surface area contributed by atoms with Crippen LogP contribution in [0.5, 0.6) is 0 Å². The number of rotatable bonds is 6. The van der Waals surface area contributed by atoms with E-state index in [2.05, 4.69) is 5.32 Å². The normalized spacial score (nSPS) is 10.2. The monoisotopic (exact) mass is 331 g/mol. The molecule has 0 spiro atoms. The molecule has 0 aliphatic carbocycles. The highest BCUT2D eigenvalue weighted by atomic mass is 35.5. The Kier molecular flexibility index (Phi) is 6.18. The van der Waals surface area contributed by atoms with Crippen LogP contribution in [0.4, 0.5) is 5.69 Å². The van der Waals surface area contributed by atoms with Gasteiger partial charge < -0.3 is 10.1 Å². The molecule has 5 heteroatoms. The summed E-state index contributed by atoms with van der Waals surface area (Å²) < 4.78 is 4.99. The van der Waals surface area contributed by atoms with Gasteiger partial charge in [0.15, 0.2) is 0 Å². The molecule has 0 saturated carbocycles. The van der Waals surface area contributed by atoms with E-state index in [-0.39, 0.29) is 18.9 Å². The quantitative estimate of drug-likeness (QED) is 0.811. The van der Waals surface area contributed by atoms with Crippen molar-refractivity contribution in [1.29, 1.82) is 0 Å². The number of aryl methyl sites for hydroxylation is 1. The zero-order valence-corrected chi connectivity index (χ0v) is 13.6. The fourth-order valence-electron chi connectivity index (χ4n) is 2.14. The third kappa shape index (κ3) is 4.83. The van der Waals surface area contributed by atoms with E-state index in [1.54, 1.807) is 37.3 Å². The third-order valence-corrected chi connectivity index (χ3v) is 3.64. The predicted molar refractivity (Wildman–Crippen MR) is 90.8 cm³/mol. The molecular weight excluding hydrogens is 314 g/mol. The Balaban J connectivity index is 2.01. The molecule has 0 saturated heterocycles. The summed E-state index contributed by atoms with van der Waals surface area (Å²) in [6, 6.07) is 14.2. The first-order chi connectivity index (χ1) is 11.1. The van der Waals surface area contributed by atoms with Crippen LogP contribution in [0.2, 0.25) is 5.02 Å². The van der Waals surface area contributed by atoms with E-state index in [1.807, 2.05) is 18.2 Å². The zero-order chi connectivity index (χ0) is 16.7. The second-order valence-electron chi connectivity index (χ2n) is 4.91. The van der Waals surface area contributed by atoms with Gasteiger partial charge in [0, 0.05) is 11.4 Å². The van der Waals surface area contributed by atoms with Crippen molar-refractivity contribution in [2.24, 2.45) is 0 Å². The van der Waals surface area contributed by atoms with Crippen molar-refractivity contribution in [2.75, 3.05) is 11.9 Å². The van der Waals surface area contributed by atoms with Gasteiger partial charge in [0.1, 0.15) is 0 Å². The molecule has 2 rings (SSSR count). The number of carbonyl (C=O) groups excluding carboxylic acids is 2. The predicted octanol–water partition coefficient (Wildman–Crippen LogP) is 4.09. The number of hydrogen-bond acceptors (Lipinski definition) is 3. The van der Waals surface area contributed by atoms with Crippen LogP contribution in [-0.2, 0) is 16.0 Å². The SMILES string of the molecule is CCOC(=O)c1ccccc1NC(=O)CCc1ccccc1Cl. The molecule has 2 aromatic rings. The molecule has 23 heavy (non-hydrogen) atoms. The van der Waals surface area contributed by atoms with Crippen molar-refractivity contribution in [1.82, 2.24) is 0 Å². The van der Waals surface area contributed by atoms with Gasteiger partial charge in [0.05, 0.1) is 17.9 Å². The van der Waals surface area contributed by atoms with Gasteiger partial charge in [-0.05, 0) is 37.1 Å². The summed E-state index contributed by atoms with van der Waals surface area (Å²) in [5.41, 5.74) is 1.72. The molecule has 0 aromatic heterocycles. The van der Waals surface area contributed by atoms with Crippen LogP contribution in [0.25, 0.3) is 0 Å². The summed E-state index contributed by atoms with van der Waals surface area (Å²) in [5.74, 6) is -0.629. The lowest BCUT2D eigenvalue weighted by Gasteiger charge is -2.10. The number of esters is 1. The fourth-order valence-corrected chi connectivity index (χ4v) is 2.37. The molecule has 2 aromatic carbocycles. The Labute approximate surface area is 140 Å². The van der Waals surface area contributed by atoms with Gasteiger partial charge in [-0.3, -0.25) is 4.79 Å². The zero-order valence-electron chi connectivity index (χ0n) is 12.8. The average molecular weight is 332 g/mol. The number of para-hydroxylation sites is 1. The molecule has 1 N–H and O–H groups in total. The number of ether oxygens (including phenoxy) is 1. The molecule has 0 aliphatic rings. The van der Waals surface area contributed by atoms with E-state index >= 15 is 0 Å². The first kappa shape index (κ1) is 17.0. The van der Waals surface area contributed by atoms with Gasteiger partial charge in [0.25, 0.3) is 0 Å². The molecule has 0 unspecified atom stereocenters. The number of halogens is 1. The maximum Gasteiger partial charge on any atom is 0.340 e. The number of benzene rings is 2. The number of hydrogen-bond donors (Lipinski definition) is 1. The van der Waals surface area contributed by atoms with Gasteiger partial charge in [-0.25, -0.2) is 4.79 Å². The van der Waals surface area contributed by atoms with Crippen molar-refractivity contribution in [2.45, 2.75) is 19.8 Å². The topological polar surface area (TPSA) is 55.4 Å².